The molecular weight excluding hydrogens is 192 g/mol. The lowest BCUT2D eigenvalue weighted by molar-refractivity contribution is 0.0739. The Morgan fingerprint density at radius 2 is 2.13 bits per heavy atom. The minimum atomic E-state index is -0.418. The van der Waals surface area contributed by atoms with E-state index in [0.29, 0.717) is 0 Å². The smallest absolute Gasteiger partial charge is 0.274 e. The van der Waals surface area contributed by atoms with Crippen LogP contribution in [0.15, 0.2) is 23.1 Å². The molecule has 4 heteroatoms. The molecule has 2 rings (SSSR count). The Labute approximate surface area is 88.3 Å². The first kappa shape index (κ1) is 10.2. The van der Waals surface area contributed by atoms with Gasteiger partial charge in [0.1, 0.15) is 0 Å². The highest BCUT2D eigenvalue weighted by Crippen LogP contribution is 2.27. The third kappa shape index (κ3) is 1.90. The number of hydrogen-bond acceptors (Lipinski definition) is 3. The summed E-state index contributed by atoms with van der Waals surface area (Å²) in [5, 5.41) is 9.84. The average Bonchev–Trinajstić information content (AvgIpc) is 2.23. The highest BCUT2D eigenvalue weighted by Gasteiger charge is 2.25. The topological polar surface area (TPSA) is 68.2 Å². The predicted molar refractivity (Wildman–Crippen MR) is 58.6 cm³/mol. The molecule has 1 unspecified atom stereocenters. The number of aliphatic hydroxyl groups is 1. The molecule has 1 aromatic rings. The van der Waals surface area contributed by atoms with Crippen LogP contribution in [0.5, 0.6) is 0 Å². The Bertz CT molecular complexity index is 400. The summed E-state index contributed by atoms with van der Waals surface area (Å²) in [6, 6.07) is 3.24. The van der Waals surface area contributed by atoms with Gasteiger partial charge in [0.05, 0.1) is 17.8 Å². The van der Waals surface area contributed by atoms with Crippen LogP contribution < -0.4 is 11.3 Å². The number of nitrogen functional groups attached to an aromatic ring is 1. The van der Waals surface area contributed by atoms with Crippen molar-refractivity contribution in [3.05, 3.63) is 28.7 Å². The van der Waals surface area contributed by atoms with Crippen molar-refractivity contribution in [3.63, 3.8) is 0 Å². The molecule has 1 aliphatic carbocycles. The minimum absolute atomic E-state index is 0.102. The highest BCUT2D eigenvalue weighted by atomic mass is 16.3. The fourth-order valence-electron chi connectivity index (χ4n) is 2.20. The van der Waals surface area contributed by atoms with Crippen LogP contribution in [-0.2, 0) is 0 Å². The van der Waals surface area contributed by atoms with Crippen LogP contribution in [0.1, 0.15) is 31.7 Å². The average molecular weight is 208 g/mol. The molecular formula is C11H16N2O2. The summed E-state index contributed by atoms with van der Waals surface area (Å²) in [6.07, 6.45) is 5.00. The summed E-state index contributed by atoms with van der Waals surface area (Å²) < 4.78 is 1.57. The van der Waals surface area contributed by atoms with Crippen molar-refractivity contribution in [2.75, 3.05) is 5.73 Å². The number of anilines is 1. The van der Waals surface area contributed by atoms with Crippen molar-refractivity contribution < 1.29 is 5.11 Å². The Hall–Kier alpha value is -1.29. The molecule has 1 aromatic heterocycles. The Balaban J connectivity index is 2.36. The van der Waals surface area contributed by atoms with E-state index in [1.807, 2.05) is 0 Å². The minimum Gasteiger partial charge on any atom is -0.394 e. The monoisotopic (exact) mass is 208 g/mol. The van der Waals surface area contributed by atoms with Crippen LogP contribution >= 0.6 is 0 Å². The molecule has 1 heterocycles. The molecule has 1 aliphatic rings. The molecule has 15 heavy (non-hydrogen) atoms. The molecule has 0 bridgehead atoms. The number of pyridine rings is 1. The molecule has 0 aromatic carbocycles. The molecule has 0 saturated heterocycles. The number of rotatable bonds is 1. The summed E-state index contributed by atoms with van der Waals surface area (Å²) in [4.78, 5) is 11.7. The summed E-state index contributed by atoms with van der Waals surface area (Å²) >= 11 is 0. The van der Waals surface area contributed by atoms with Gasteiger partial charge >= 0.3 is 0 Å². The molecule has 0 aliphatic heterocycles. The van der Waals surface area contributed by atoms with Gasteiger partial charge < -0.3 is 15.4 Å². The first-order chi connectivity index (χ1) is 7.20. The Kier molecular flexibility index (Phi) is 2.77. The maximum Gasteiger partial charge on any atom is 0.274 e. The number of aromatic nitrogens is 1. The van der Waals surface area contributed by atoms with Crippen LogP contribution in [-0.4, -0.2) is 15.8 Å². The van der Waals surface area contributed by atoms with Gasteiger partial charge in [-0.05, 0) is 25.0 Å². The van der Waals surface area contributed by atoms with Gasteiger partial charge in [0.15, 0.2) is 0 Å². The molecule has 0 amide bonds. The third-order valence-electron chi connectivity index (χ3n) is 3.06. The first-order valence-corrected chi connectivity index (χ1v) is 5.35. The van der Waals surface area contributed by atoms with Crippen LogP contribution in [0.2, 0.25) is 0 Å². The number of hydrogen-bond donors (Lipinski definition) is 2. The van der Waals surface area contributed by atoms with E-state index in [2.05, 4.69) is 0 Å². The number of nitrogens with two attached hydrogens (primary N) is 1. The fourth-order valence-corrected chi connectivity index (χ4v) is 2.20. The standard InChI is InChI=1S/C11H16N2O2/c12-8-4-3-7-13(11(8)15)9-5-1-2-6-10(9)14/h3-4,7,9-10,14H,1-2,5-6,12H2/t9-,10?/m1/s1. The van der Waals surface area contributed by atoms with Gasteiger partial charge in [0.2, 0.25) is 0 Å². The van der Waals surface area contributed by atoms with Gasteiger partial charge in [-0.15, -0.1) is 0 Å². The highest BCUT2D eigenvalue weighted by molar-refractivity contribution is 5.33. The summed E-state index contributed by atoms with van der Waals surface area (Å²) in [5.41, 5.74) is 5.61. The van der Waals surface area contributed by atoms with Crippen molar-refractivity contribution in [3.8, 4) is 0 Å². The van der Waals surface area contributed by atoms with E-state index in [-0.39, 0.29) is 17.3 Å². The maximum atomic E-state index is 11.7. The molecule has 4 nitrogen and oxygen atoms in total. The van der Waals surface area contributed by atoms with Crippen molar-refractivity contribution in [1.82, 2.24) is 4.57 Å². The van der Waals surface area contributed by atoms with E-state index in [9.17, 15) is 9.90 Å². The second-order valence-corrected chi connectivity index (χ2v) is 4.10. The summed E-state index contributed by atoms with van der Waals surface area (Å²) in [5.74, 6) is 0. The van der Waals surface area contributed by atoms with Crippen molar-refractivity contribution in [1.29, 1.82) is 0 Å². The van der Waals surface area contributed by atoms with E-state index in [1.165, 1.54) is 0 Å². The largest absolute Gasteiger partial charge is 0.394 e. The van der Waals surface area contributed by atoms with Gasteiger partial charge in [0.25, 0.3) is 5.56 Å². The van der Waals surface area contributed by atoms with Crippen molar-refractivity contribution in [2.45, 2.75) is 37.8 Å². The van der Waals surface area contributed by atoms with Gasteiger partial charge in [-0.25, -0.2) is 0 Å². The van der Waals surface area contributed by atoms with Gasteiger partial charge in [-0.3, -0.25) is 4.79 Å². The molecule has 0 radical (unpaired) electrons. The van der Waals surface area contributed by atoms with E-state index in [4.69, 9.17) is 5.73 Å². The quantitative estimate of drug-likeness (QED) is 0.720. The molecule has 82 valence electrons. The molecule has 1 fully saturated rings. The van der Waals surface area contributed by atoms with Crippen LogP contribution in [0, 0.1) is 0 Å². The van der Waals surface area contributed by atoms with E-state index in [0.717, 1.165) is 25.7 Å². The second-order valence-electron chi connectivity index (χ2n) is 4.10. The predicted octanol–water partition coefficient (Wildman–Crippen LogP) is 0.906. The second kappa shape index (κ2) is 4.06. The van der Waals surface area contributed by atoms with Gasteiger partial charge in [0, 0.05) is 6.20 Å². The zero-order chi connectivity index (χ0) is 10.8. The fraction of sp³-hybridized carbons (Fsp3) is 0.545. The number of aliphatic hydroxyl groups excluding tert-OH is 1. The number of nitrogens with zero attached hydrogens (tertiary/aromatic N) is 1. The van der Waals surface area contributed by atoms with Crippen LogP contribution in [0.3, 0.4) is 0 Å². The third-order valence-corrected chi connectivity index (χ3v) is 3.06. The van der Waals surface area contributed by atoms with Gasteiger partial charge in [-0.2, -0.15) is 0 Å². The Morgan fingerprint density at radius 3 is 2.87 bits per heavy atom. The molecule has 0 spiro atoms. The summed E-state index contributed by atoms with van der Waals surface area (Å²) in [7, 11) is 0. The SMILES string of the molecule is Nc1cccn([C@@H]2CCCCC2O)c1=O. The maximum absolute atomic E-state index is 11.7. The first-order valence-electron chi connectivity index (χ1n) is 5.35. The zero-order valence-electron chi connectivity index (χ0n) is 8.60. The molecule has 3 N–H and O–H groups in total. The molecule has 1 saturated carbocycles. The molecule has 2 atom stereocenters. The van der Waals surface area contributed by atoms with E-state index in [1.54, 1.807) is 22.9 Å². The van der Waals surface area contributed by atoms with Crippen molar-refractivity contribution >= 4 is 5.69 Å². The van der Waals surface area contributed by atoms with Crippen molar-refractivity contribution in [2.24, 2.45) is 0 Å². The summed E-state index contributed by atoms with van der Waals surface area (Å²) in [6.45, 7) is 0. The zero-order valence-corrected chi connectivity index (χ0v) is 8.60. The lowest BCUT2D eigenvalue weighted by Gasteiger charge is -2.29. The van der Waals surface area contributed by atoms with E-state index < -0.39 is 6.10 Å². The Morgan fingerprint density at radius 1 is 1.40 bits per heavy atom. The van der Waals surface area contributed by atoms with Gasteiger partial charge in [-0.1, -0.05) is 12.8 Å². The lowest BCUT2D eigenvalue weighted by Crippen LogP contribution is -2.35. The lowest BCUT2D eigenvalue weighted by atomic mass is 9.92. The normalized spacial score (nSPS) is 26.5. The van der Waals surface area contributed by atoms with E-state index >= 15 is 0 Å². The van der Waals surface area contributed by atoms with Crippen LogP contribution in [0.4, 0.5) is 5.69 Å². The van der Waals surface area contributed by atoms with Crippen LogP contribution in [0.25, 0.3) is 0 Å².